The number of benzene rings is 2. The highest BCUT2D eigenvalue weighted by Crippen LogP contribution is 2.52. The molecule has 0 radical (unpaired) electrons. The number of amides is 1. The van der Waals surface area contributed by atoms with Gasteiger partial charge in [-0.15, -0.1) is 8.78 Å². The van der Waals surface area contributed by atoms with Crippen LogP contribution in [0.5, 0.6) is 17.2 Å². The molecule has 3 aliphatic rings. The van der Waals surface area contributed by atoms with Gasteiger partial charge in [-0.05, 0) is 48.7 Å². The maximum atomic E-state index is 13.5. The van der Waals surface area contributed by atoms with E-state index in [1.807, 2.05) is 18.2 Å². The maximum absolute atomic E-state index is 13.5. The number of nitrogens with one attached hydrogen (secondary N) is 1. The van der Waals surface area contributed by atoms with Crippen molar-refractivity contribution < 1.29 is 37.7 Å². The molecule has 1 fully saturated rings. The zero-order valence-electron chi connectivity index (χ0n) is 18.7. The predicted molar refractivity (Wildman–Crippen MR) is 120 cm³/mol. The van der Waals surface area contributed by atoms with Crippen molar-refractivity contribution in [3.8, 4) is 17.2 Å². The first-order valence-electron chi connectivity index (χ1n) is 11.4. The van der Waals surface area contributed by atoms with Crippen LogP contribution < -0.4 is 19.5 Å². The highest BCUT2D eigenvalue weighted by atomic mass is 19.3. The lowest BCUT2D eigenvalue weighted by Crippen LogP contribution is -2.39. The standard InChI is InChI=1S/C26H20F2N2O6/c27-26(28)35-20-8-6-15(11-22(20)36-26)25(9-10-25)24(33)30-18-12-21(34-19-4-2-1-3-16(18)19)17-7-5-14(13-29-17)23(31)32/h1-8,11,13,18,21H,9-10,12H2,(H,30,33)(H,31,32)/t18-,21-/m1/s1. The van der Waals surface area contributed by atoms with Gasteiger partial charge in [-0.25, -0.2) is 4.79 Å². The van der Waals surface area contributed by atoms with Crippen LogP contribution in [-0.2, 0) is 10.2 Å². The number of halogens is 2. The Balaban J connectivity index is 1.25. The number of carboxylic acid groups (broad SMARTS) is 1. The minimum absolute atomic E-state index is 0.0666. The van der Waals surface area contributed by atoms with Gasteiger partial charge in [0.15, 0.2) is 11.5 Å². The molecular weight excluding hydrogens is 474 g/mol. The van der Waals surface area contributed by atoms with Gasteiger partial charge >= 0.3 is 12.3 Å². The van der Waals surface area contributed by atoms with Crippen LogP contribution in [0.15, 0.2) is 60.8 Å². The molecular formula is C26H20F2N2O6. The second-order valence-electron chi connectivity index (χ2n) is 9.09. The smallest absolute Gasteiger partial charge is 0.484 e. The number of para-hydroxylation sites is 1. The first kappa shape index (κ1) is 22.3. The predicted octanol–water partition coefficient (Wildman–Crippen LogP) is 4.51. The van der Waals surface area contributed by atoms with Gasteiger partial charge in [-0.3, -0.25) is 9.78 Å². The summed E-state index contributed by atoms with van der Waals surface area (Å²) in [4.78, 5) is 29.0. The fraction of sp³-hybridized carbons (Fsp3) is 0.269. The molecule has 2 aliphatic heterocycles. The van der Waals surface area contributed by atoms with Crippen molar-refractivity contribution in [1.29, 1.82) is 0 Å². The van der Waals surface area contributed by atoms with Gasteiger partial charge in [0.05, 0.1) is 22.7 Å². The van der Waals surface area contributed by atoms with Crippen LogP contribution >= 0.6 is 0 Å². The van der Waals surface area contributed by atoms with E-state index in [1.165, 1.54) is 24.4 Å². The molecule has 184 valence electrons. The normalized spacial score (nSPS) is 22.2. The van der Waals surface area contributed by atoms with Crippen LogP contribution in [0.2, 0.25) is 0 Å². The summed E-state index contributed by atoms with van der Waals surface area (Å²) in [6.07, 6.45) is -1.43. The first-order valence-corrected chi connectivity index (χ1v) is 11.4. The number of rotatable bonds is 5. The van der Waals surface area contributed by atoms with E-state index in [2.05, 4.69) is 19.8 Å². The van der Waals surface area contributed by atoms with Gasteiger partial charge in [-0.2, -0.15) is 0 Å². The minimum atomic E-state index is -3.72. The average Bonchev–Trinajstić information content (AvgIpc) is 3.61. The number of fused-ring (bicyclic) bond motifs is 2. The molecule has 2 atom stereocenters. The van der Waals surface area contributed by atoms with Crippen LogP contribution in [0.1, 0.15) is 58.6 Å². The summed E-state index contributed by atoms with van der Waals surface area (Å²) in [6, 6.07) is 14.5. The van der Waals surface area contributed by atoms with E-state index >= 15 is 0 Å². The molecule has 1 saturated carbocycles. The summed E-state index contributed by atoms with van der Waals surface area (Å²) in [6.45, 7) is 0. The molecule has 3 heterocycles. The molecule has 0 unspecified atom stereocenters. The van der Waals surface area contributed by atoms with Crippen molar-refractivity contribution in [2.24, 2.45) is 0 Å². The molecule has 0 saturated heterocycles. The molecule has 10 heteroatoms. The molecule has 2 aromatic carbocycles. The number of nitrogens with zero attached hydrogens (tertiary/aromatic N) is 1. The molecule has 0 spiro atoms. The van der Waals surface area contributed by atoms with Crippen LogP contribution in [0, 0.1) is 0 Å². The Morgan fingerprint density at radius 2 is 1.78 bits per heavy atom. The van der Waals surface area contributed by atoms with Crippen LogP contribution in [0.4, 0.5) is 8.78 Å². The Labute approximate surface area is 203 Å². The summed E-state index contributed by atoms with van der Waals surface area (Å²) in [5.74, 6) is -0.858. The fourth-order valence-electron chi connectivity index (χ4n) is 4.77. The zero-order valence-corrected chi connectivity index (χ0v) is 18.7. The molecule has 1 aliphatic carbocycles. The minimum Gasteiger partial charge on any atom is -0.484 e. The van der Waals surface area contributed by atoms with Gasteiger partial charge in [0.2, 0.25) is 5.91 Å². The Morgan fingerprint density at radius 3 is 2.50 bits per heavy atom. The van der Waals surface area contributed by atoms with Gasteiger partial charge in [0.1, 0.15) is 11.9 Å². The van der Waals surface area contributed by atoms with Crippen molar-refractivity contribution >= 4 is 11.9 Å². The van der Waals surface area contributed by atoms with E-state index in [1.54, 1.807) is 18.2 Å². The van der Waals surface area contributed by atoms with Gasteiger partial charge in [0.25, 0.3) is 0 Å². The van der Waals surface area contributed by atoms with E-state index in [0.29, 0.717) is 36.3 Å². The van der Waals surface area contributed by atoms with Gasteiger partial charge in [-0.1, -0.05) is 24.3 Å². The quantitative estimate of drug-likeness (QED) is 0.537. The molecule has 1 aromatic heterocycles. The molecule has 3 aromatic rings. The Morgan fingerprint density at radius 1 is 1.00 bits per heavy atom. The third-order valence-electron chi connectivity index (χ3n) is 6.82. The average molecular weight is 494 g/mol. The third-order valence-corrected chi connectivity index (χ3v) is 6.82. The molecule has 6 rings (SSSR count). The number of aromatic carboxylic acids is 1. The van der Waals surface area contributed by atoms with Crippen molar-refractivity contribution in [1.82, 2.24) is 10.3 Å². The SMILES string of the molecule is O=C(O)c1ccc([C@H]2C[C@@H](NC(=O)C3(c4ccc5c(c4)OC(F)(F)O5)CC3)c3ccccc3O2)nc1. The van der Waals surface area contributed by atoms with E-state index in [-0.39, 0.29) is 23.0 Å². The molecule has 8 nitrogen and oxygen atoms in total. The molecule has 36 heavy (non-hydrogen) atoms. The first-order chi connectivity index (χ1) is 17.2. The van der Waals surface area contributed by atoms with Crippen molar-refractivity contribution in [2.75, 3.05) is 0 Å². The van der Waals surface area contributed by atoms with Crippen molar-refractivity contribution in [3.63, 3.8) is 0 Å². The molecule has 0 bridgehead atoms. The van der Waals surface area contributed by atoms with Gasteiger partial charge in [0, 0.05) is 18.2 Å². The Kier molecular flexibility index (Phi) is 4.89. The number of carbonyl (C=O) groups is 2. The highest BCUT2D eigenvalue weighted by Gasteiger charge is 2.53. The van der Waals surface area contributed by atoms with E-state index < -0.39 is 29.8 Å². The summed E-state index contributed by atoms with van der Waals surface area (Å²) in [5, 5.41) is 12.3. The third kappa shape index (κ3) is 3.78. The fourth-order valence-corrected chi connectivity index (χ4v) is 4.77. The number of hydrogen-bond acceptors (Lipinski definition) is 6. The highest BCUT2D eigenvalue weighted by molar-refractivity contribution is 5.92. The monoisotopic (exact) mass is 494 g/mol. The van der Waals surface area contributed by atoms with Crippen molar-refractivity contribution in [2.45, 2.75) is 43.1 Å². The zero-order chi connectivity index (χ0) is 25.1. The summed E-state index contributed by atoms with van der Waals surface area (Å²) >= 11 is 0. The summed E-state index contributed by atoms with van der Waals surface area (Å²) in [5.41, 5.74) is 1.16. The second-order valence-corrected chi connectivity index (χ2v) is 9.09. The van der Waals surface area contributed by atoms with Crippen LogP contribution in [0.25, 0.3) is 0 Å². The Bertz CT molecular complexity index is 1370. The second kappa shape index (κ2) is 7.91. The van der Waals surface area contributed by atoms with Crippen molar-refractivity contribution in [3.05, 3.63) is 83.2 Å². The van der Waals surface area contributed by atoms with E-state index in [9.17, 15) is 18.4 Å². The Hall–Kier alpha value is -4.21. The summed E-state index contributed by atoms with van der Waals surface area (Å²) in [7, 11) is 0. The number of alkyl halides is 2. The lowest BCUT2D eigenvalue weighted by atomic mass is 9.91. The lowest BCUT2D eigenvalue weighted by molar-refractivity contribution is -0.286. The molecule has 2 N–H and O–H groups in total. The number of aromatic nitrogens is 1. The molecule has 1 amide bonds. The lowest BCUT2D eigenvalue weighted by Gasteiger charge is -2.33. The number of hydrogen-bond donors (Lipinski definition) is 2. The number of carboxylic acids is 1. The largest absolute Gasteiger partial charge is 0.586 e. The maximum Gasteiger partial charge on any atom is 0.586 e. The summed E-state index contributed by atoms with van der Waals surface area (Å²) < 4.78 is 42.1. The number of pyridine rings is 1. The number of carbonyl (C=O) groups excluding carboxylic acids is 1. The number of ether oxygens (including phenoxy) is 3. The van der Waals surface area contributed by atoms with Crippen LogP contribution in [-0.4, -0.2) is 28.3 Å². The van der Waals surface area contributed by atoms with E-state index in [4.69, 9.17) is 9.84 Å². The van der Waals surface area contributed by atoms with Gasteiger partial charge < -0.3 is 24.6 Å². The van der Waals surface area contributed by atoms with Crippen LogP contribution in [0.3, 0.4) is 0 Å². The van der Waals surface area contributed by atoms with E-state index in [0.717, 1.165) is 5.56 Å². The topological polar surface area (TPSA) is 107 Å².